The van der Waals surface area contributed by atoms with Crippen molar-refractivity contribution in [2.75, 3.05) is 19.7 Å². The van der Waals surface area contributed by atoms with Crippen LogP contribution >= 0.6 is 0 Å². The fraction of sp³-hybridized carbons (Fsp3) is 0.381. The number of piperidine rings is 1. The Morgan fingerprint density at radius 3 is 2.42 bits per heavy atom. The van der Waals surface area contributed by atoms with E-state index in [4.69, 9.17) is 4.74 Å². The van der Waals surface area contributed by atoms with Crippen molar-refractivity contribution in [2.45, 2.75) is 26.2 Å². The van der Waals surface area contributed by atoms with Crippen molar-refractivity contribution in [2.24, 2.45) is 5.92 Å². The summed E-state index contributed by atoms with van der Waals surface area (Å²) in [7, 11) is 0. The summed E-state index contributed by atoms with van der Waals surface area (Å²) in [4.78, 5) is 30.5. The summed E-state index contributed by atoms with van der Waals surface area (Å²) in [6, 6.07) is 15.4. The predicted octanol–water partition coefficient (Wildman–Crippen LogP) is 3.35. The summed E-state index contributed by atoms with van der Waals surface area (Å²) in [5, 5.41) is 0. The van der Waals surface area contributed by atoms with E-state index in [1.807, 2.05) is 11.0 Å². The van der Waals surface area contributed by atoms with Gasteiger partial charge in [0, 0.05) is 13.1 Å². The number of esters is 1. The van der Waals surface area contributed by atoms with Crippen molar-refractivity contribution in [1.82, 2.24) is 9.88 Å². The lowest BCUT2D eigenvalue weighted by Gasteiger charge is -2.32. The quantitative estimate of drug-likeness (QED) is 0.774. The molecule has 3 rings (SSSR count). The van der Waals surface area contributed by atoms with Gasteiger partial charge in [-0.3, -0.25) is 4.79 Å². The molecule has 1 aliphatic rings. The van der Waals surface area contributed by atoms with Gasteiger partial charge < -0.3 is 9.64 Å². The standard InChI is InChI=1S/C21H24N2O3/c1-2-26-21(25)19-10-6-9-18(22-19)20(24)23-13-11-17(12-14-23)15-16-7-4-3-5-8-16/h3-10,17H,2,11-15H2,1H3. The Hall–Kier alpha value is -2.69. The second-order valence-electron chi connectivity index (χ2n) is 6.55. The molecule has 0 N–H and O–H groups in total. The molecule has 0 unspecified atom stereocenters. The summed E-state index contributed by atoms with van der Waals surface area (Å²) in [6.07, 6.45) is 3.02. The molecule has 1 aliphatic heterocycles. The van der Waals surface area contributed by atoms with E-state index in [0.717, 1.165) is 32.4 Å². The number of nitrogens with zero attached hydrogens (tertiary/aromatic N) is 2. The average molecular weight is 352 g/mol. The highest BCUT2D eigenvalue weighted by Crippen LogP contribution is 2.22. The maximum Gasteiger partial charge on any atom is 0.356 e. The van der Waals surface area contributed by atoms with Gasteiger partial charge in [-0.05, 0) is 49.8 Å². The molecule has 5 heteroatoms. The number of hydrogen-bond acceptors (Lipinski definition) is 4. The van der Waals surface area contributed by atoms with E-state index >= 15 is 0 Å². The molecule has 136 valence electrons. The van der Waals surface area contributed by atoms with E-state index in [1.54, 1.807) is 25.1 Å². The van der Waals surface area contributed by atoms with E-state index in [9.17, 15) is 9.59 Å². The van der Waals surface area contributed by atoms with E-state index in [0.29, 0.717) is 11.6 Å². The lowest BCUT2D eigenvalue weighted by atomic mass is 9.90. The Labute approximate surface area is 154 Å². The van der Waals surface area contributed by atoms with Crippen molar-refractivity contribution in [3.8, 4) is 0 Å². The van der Waals surface area contributed by atoms with E-state index in [2.05, 4.69) is 29.2 Å². The van der Waals surface area contributed by atoms with Gasteiger partial charge in [0.1, 0.15) is 11.4 Å². The minimum absolute atomic E-state index is 0.116. The second kappa shape index (κ2) is 8.61. The monoisotopic (exact) mass is 352 g/mol. The third kappa shape index (κ3) is 4.48. The zero-order valence-corrected chi connectivity index (χ0v) is 15.1. The number of carbonyl (C=O) groups excluding carboxylic acids is 2. The topological polar surface area (TPSA) is 59.5 Å². The first-order chi connectivity index (χ1) is 12.7. The Morgan fingerprint density at radius 2 is 1.73 bits per heavy atom. The van der Waals surface area contributed by atoms with Gasteiger partial charge in [0.15, 0.2) is 0 Å². The molecule has 0 atom stereocenters. The molecule has 0 aliphatic carbocycles. The van der Waals surface area contributed by atoms with Crippen molar-refractivity contribution in [1.29, 1.82) is 0 Å². The van der Waals surface area contributed by atoms with Crippen LogP contribution < -0.4 is 0 Å². The summed E-state index contributed by atoms with van der Waals surface area (Å²) >= 11 is 0. The normalized spacial score (nSPS) is 14.9. The first-order valence-corrected chi connectivity index (χ1v) is 9.14. The van der Waals surface area contributed by atoms with Crippen LogP contribution in [0.5, 0.6) is 0 Å². The van der Waals surface area contributed by atoms with Crippen LogP contribution in [0.1, 0.15) is 46.3 Å². The fourth-order valence-electron chi connectivity index (χ4n) is 3.32. The zero-order valence-electron chi connectivity index (χ0n) is 15.1. The molecule has 0 bridgehead atoms. The van der Waals surface area contributed by atoms with Crippen molar-refractivity contribution in [3.63, 3.8) is 0 Å². The van der Waals surface area contributed by atoms with Gasteiger partial charge >= 0.3 is 5.97 Å². The van der Waals surface area contributed by atoms with Crippen LogP contribution in [0, 0.1) is 5.92 Å². The summed E-state index contributed by atoms with van der Waals surface area (Å²) < 4.78 is 4.95. The number of pyridine rings is 1. The largest absolute Gasteiger partial charge is 0.461 e. The van der Waals surface area contributed by atoms with Gasteiger partial charge in [-0.1, -0.05) is 36.4 Å². The molecule has 0 radical (unpaired) electrons. The third-order valence-corrected chi connectivity index (χ3v) is 4.72. The van der Waals surface area contributed by atoms with Crippen LogP contribution in [0.15, 0.2) is 48.5 Å². The predicted molar refractivity (Wildman–Crippen MR) is 99.0 cm³/mol. The van der Waals surface area contributed by atoms with Gasteiger partial charge in [0.05, 0.1) is 6.61 Å². The van der Waals surface area contributed by atoms with Crippen LogP contribution in [-0.2, 0) is 11.2 Å². The smallest absolute Gasteiger partial charge is 0.356 e. The molecule has 0 saturated carbocycles. The SMILES string of the molecule is CCOC(=O)c1cccc(C(=O)N2CCC(Cc3ccccc3)CC2)n1. The second-order valence-corrected chi connectivity index (χ2v) is 6.55. The molecule has 5 nitrogen and oxygen atoms in total. The van der Waals surface area contributed by atoms with Crippen LogP contribution in [-0.4, -0.2) is 41.5 Å². The summed E-state index contributed by atoms with van der Waals surface area (Å²) in [5.41, 5.74) is 1.83. The molecule has 1 amide bonds. The van der Waals surface area contributed by atoms with Crippen molar-refractivity contribution in [3.05, 3.63) is 65.5 Å². The highest BCUT2D eigenvalue weighted by molar-refractivity contribution is 5.94. The molecule has 1 aromatic carbocycles. The van der Waals surface area contributed by atoms with Gasteiger partial charge in [-0.25, -0.2) is 9.78 Å². The Balaban J connectivity index is 1.58. The number of ether oxygens (including phenoxy) is 1. The number of likely N-dealkylation sites (tertiary alicyclic amines) is 1. The molecule has 2 heterocycles. The molecular formula is C21H24N2O3. The lowest BCUT2D eigenvalue weighted by Crippen LogP contribution is -2.39. The van der Waals surface area contributed by atoms with Crippen LogP contribution in [0.25, 0.3) is 0 Å². The number of rotatable bonds is 5. The summed E-state index contributed by atoms with van der Waals surface area (Å²) in [6.45, 7) is 3.48. The molecule has 1 saturated heterocycles. The first-order valence-electron chi connectivity index (χ1n) is 9.14. The Kier molecular flexibility index (Phi) is 6.00. The number of benzene rings is 1. The zero-order chi connectivity index (χ0) is 18.4. The van der Waals surface area contributed by atoms with Crippen molar-refractivity contribution >= 4 is 11.9 Å². The van der Waals surface area contributed by atoms with Gasteiger partial charge in [-0.2, -0.15) is 0 Å². The van der Waals surface area contributed by atoms with Crippen LogP contribution in [0.4, 0.5) is 0 Å². The maximum atomic E-state index is 12.7. The molecular weight excluding hydrogens is 328 g/mol. The molecule has 1 aromatic heterocycles. The molecule has 0 spiro atoms. The maximum absolute atomic E-state index is 12.7. The van der Waals surface area contributed by atoms with Crippen LogP contribution in [0.3, 0.4) is 0 Å². The third-order valence-electron chi connectivity index (χ3n) is 4.72. The molecule has 26 heavy (non-hydrogen) atoms. The van der Waals surface area contributed by atoms with E-state index < -0.39 is 5.97 Å². The molecule has 2 aromatic rings. The van der Waals surface area contributed by atoms with E-state index in [1.165, 1.54) is 5.56 Å². The lowest BCUT2D eigenvalue weighted by molar-refractivity contribution is 0.0519. The van der Waals surface area contributed by atoms with E-state index in [-0.39, 0.29) is 18.2 Å². The average Bonchev–Trinajstić information content (AvgIpc) is 2.69. The number of hydrogen-bond donors (Lipinski definition) is 0. The Bertz CT molecular complexity index is 753. The number of amides is 1. The number of aromatic nitrogens is 1. The highest BCUT2D eigenvalue weighted by Gasteiger charge is 2.25. The first kappa shape index (κ1) is 18.1. The van der Waals surface area contributed by atoms with Gasteiger partial charge in [0.2, 0.25) is 0 Å². The molecule has 1 fully saturated rings. The fourth-order valence-corrected chi connectivity index (χ4v) is 3.32. The Morgan fingerprint density at radius 1 is 1.04 bits per heavy atom. The highest BCUT2D eigenvalue weighted by atomic mass is 16.5. The summed E-state index contributed by atoms with van der Waals surface area (Å²) in [5.74, 6) is -0.0155. The van der Waals surface area contributed by atoms with Crippen LogP contribution in [0.2, 0.25) is 0 Å². The van der Waals surface area contributed by atoms with Crippen molar-refractivity contribution < 1.29 is 14.3 Å². The van der Waals surface area contributed by atoms with Gasteiger partial charge in [0.25, 0.3) is 5.91 Å². The minimum atomic E-state index is -0.497. The minimum Gasteiger partial charge on any atom is -0.461 e. The van der Waals surface area contributed by atoms with Gasteiger partial charge in [-0.15, -0.1) is 0 Å². The number of carbonyl (C=O) groups is 2.